The molecule has 6 aliphatic heterocycles. The Kier molecular flexibility index (Phi) is 79.8. The molecule has 6 aromatic carbocycles. The Morgan fingerprint density at radius 1 is 0.291 bits per heavy atom. The number of hydrogen-bond donors (Lipinski definition) is 12. The van der Waals surface area contributed by atoms with E-state index in [2.05, 4.69) is 132 Å². The molecule has 0 bridgehead atoms. The summed E-state index contributed by atoms with van der Waals surface area (Å²) in [5.41, 5.74) is 1.52. The van der Waals surface area contributed by atoms with E-state index in [-0.39, 0.29) is 261 Å². The standard InChI is InChI=1S/4C13H13N2O4.2C12H11N2O3.6C2H7N.6W/c1-19-9-4-2-8(3-5-9)12(17)14-10-6-7-11(16)15-13(10)18;2*1-19-9-4-2-3-8(7-9)12(17)14-10-5-6-11(16)15-13(10)18;1-19-10-5-3-2-4-8(10)12(17)14-9-6-7-11(16)15-13(9)18;2*15-10-7-6-9(12(17)14-10)13-11(16)8-4-2-1-3-5-8;6*1-3-2;;;;;;/h2,4-5,10H,6-7H2,1H3,(H2,14,15,16,17,18);2,4,7,10H,5-6H2,1H3,(H2,14,15,16,17,18);2-4,10H,5-6H2,1H3,(H2,14,15,16,17,18);2-3,5,9H,6-7H2,1H3,(H2,14,15,16,17,18);2*1-4,9H,6-7H2,(H2,13,14,15,16,17);6*3H,1-2H3;;;;;;/q6*-1;;;;;;;6*+2/p-6/t;;;;2*9-;;;;;;;;;;;;/m....10............/s1. The molecule has 0 aliphatic carbocycles. The van der Waals surface area contributed by atoms with Crippen molar-refractivity contribution >= 4 is 106 Å². The van der Waals surface area contributed by atoms with Crippen molar-refractivity contribution in [1.82, 2.24) is 63.8 Å². The van der Waals surface area contributed by atoms with Crippen LogP contribution in [0.1, 0.15) is 139 Å². The molecular weight excluding hydrogens is 2760 g/mol. The molecule has 0 aromatic heterocycles. The number of nitrogens with one attached hydrogen (secondary N) is 12. The summed E-state index contributed by atoms with van der Waals surface area (Å²) in [5.74, 6) is -6.45. The minimum absolute atomic E-state index is 0. The summed E-state index contributed by atoms with van der Waals surface area (Å²) >= 11 is 0. The van der Waals surface area contributed by atoms with Crippen LogP contribution >= 0.6 is 0 Å². The van der Waals surface area contributed by atoms with Crippen molar-refractivity contribution in [3.63, 3.8) is 0 Å². The fourth-order valence-electron chi connectivity index (χ4n) is 9.96. The molecule has 134 heavy (non-hydrogen) atoms. The van der Waals surface area contributed by atoms with Crippen molar-refractivity contribution in [2.24, 2.45) is 0 Å². The molecule has 18 amide bonds. The average molecular weight is 2870 g/mol. The van der Waals surface area contributed by atoms with Gasteiger partial charge < -0.3 is 112 Å². The SMILES string of the molecule is CNC.CNC.CNC.CNC.CNC.CNC.COc1[c-]c(C(=O)[N-]C2CCC(=O)NC2=O)ccc1.COc1c[c-]c(C(=O)[N-]C2CCC(=O)NC2=O)cc1.COc1cc[c-]c(C(=O)[N-]C2CCC(=O)NC2=O)c1.COc1ccc[c-]c1C(=O)[N-]C1CCC(=O)NC1=O.O=C1CC[C@@H]([N-]C(=O)c2[c-]cccc2)C(=O)N1.O=C1CC[C@H]([N-]C(=O)c2[c-]cccc2)C(=O)N1.[W+2].[W+2].[W+2].[W+2].[W+2].[W+2]. The molecule has 6 aliphatic rings. The Labute approximate surface area is 866 Å². The molecule has 40 nitrogen and oxygen atoms in total. The number of rotatable bonds is 16. The van der Waals surface area contributed by atoms with Crippen LogP contribution < -0.4 is 82.7 Å². The first-order valence-electron chi connectivity index (χ1n) is 39.4. The van der Waals surface area contributed by atoms with Gasteiger partial charge in [0.05, 0.1) is 28.4 Å². The van der Waals surface area contributed by atoms with Crippen LogP contribution in [0.3, 0.4) is 0 Å². The number of nitrogens with zero attached hydrogens (tertiary/aromatic N) is 6. The smallest absolute Gasteiger partial charge is 0.684 e. The molecule has 720 valence electrons. The van der Waals surface area contributed by atoms with Gasteiger partial charge in [-0.25, -0.2) is 0 Å². The Bertz CT molecular complexity index is 4420. The van der Waals surface area contributed by atoms with Crippen LogP contribution in [0.5, 0.6) is 23.0 Å². The zero-order chi connectivity index (χ0) is 96.1. The van der Waals surface area contributed by atoms with Gasteiger partial charge in [0.25, 0.3) is 0 Å². The van der Waals surface area contributed by atoms with E-state index >= 15 is 0 Å². The van der Waals surface area contributed by atoms with Crippen molar-refractivity contribution in [2.45, 2.75) is 113 Å². The second kappa shape index (κ2) is 79.3. The number of imide groups is 6. The number of piperidine rings is 6. The minimum atomic E-state index is -0.830. The van der Waals surface area contributed by atoms with Gasteiger partial charge in [0.1, 0.15) is 0 Å². The minimum Gasteiger partial charge on any atom is -0.684 e. The van der Waals surface area contributed by atoms with Crippen molar-refractivity contribution in [3.8, 4) is 23.0 Å². The van der Waals surface area contributed by atoms with Gasteiger partial charge in [0.15, 0.2) is 0 Å². The monoisotopic (exact) mass is 2870 g/mol. The van der Waals surface area contributed by atoms with E-state index in [1.807, 2.05) is 84.6 Å². The molecule has 0 spiro atoms. The van der Waals surface area contributed by atoms with E-state index in [4.69, 9.17) is 18.9 Å². The molecule has 6 atom stereocenters. The molecule has 6 aromatic rings. The second-order valence-corrected chi connectivity index (χ2v) is 26.5. The van der Waals surface area contributed by atoms with Crippen LogP contribution in [0, 0.1) is 36.4 Å². The van der Waals surface area contributed by atoms with Gasteiger partial charge in [-0.2, -0.15) is 0 Å². The van der Waals surface area contributed by atoms with E-state index in [0.717, 1.165) is 0 Å². The first kappa shape index (κ1) is 135. The summed E-state index contributed by atoms with van der Waals surface area (Å²) in [7, 11) is 28.4. The molecule has 6 heterocycles. The third-order valence-corrected chi connectivity index (χ3v) is 15.7. The van der Waals surface area contributed by atoms with Gasteiger partial charge in [0, 0.05) is 61.5 Å². The maximum absolute atomic E-state index is 12.0. The molecule has 0 radical (unpaired) electrons. The number of carbonyl (C=O) groups excluding carboxylic acids is 18. The summed E-state index contributed by atoms with van der Waals surface area (Å²) in [6.07, 6.45) is 2.75. The van der Waals surface area contributed by atoms with Crippen LogP contribution in [-0.2, 0) is 184 Å². The second-order valence-electron chi connectivity index (χ2n) is 26.5. The van der Waals surface area contributed by atoms with Crippen LogP contribution in [0.2, 0.25) is 0 Å². The molecule has 6 saturated heterocycles. The maximum atomic E-state index is 12.0. The third kappa shape index (κ3) is 54.6. The Balaban J connectivity index is -0.000000350. The van der Waals surface area contributed by atoms with E-state index in [1.54, 1.807) is 103 Å². The van der Waals surface area contributed by atoms with Gasteiger partial charge in [-0.1, -0.05) is 11.6 Å². The molecular formula is C88H110N18O22W6. The van der Waals surface area contributed by atoms with Crippen molar-refractivity contribution < 1.29 is 232 Å². The van der Waals surface area contributed by atoms with E-state index in [0.29, 0.717) is 34.1 Å². The zero-order valence-corrected chi connectivity index (χ0v) is 94.2. The molecule has 0 saturated carbocycles. The maximum Gasteiger partial charge on any atom is 2.00 e. The van der Waals surface area contributed by atoms with Gasteiger partial charge >= 0.3 is 126 Å². The van der Waals surface area contributed by atoms with E-state index in [1.165, 1.54) is 46.6 Å². The summed E-state index contributed by atoms with van der Waals surface area (Å²) in [4.78, 5) is 205. The summed E-state index contributed by atoms with van der Waals surface area (Å²) in [6.45, 7) is 0. The number of carbonyl (C=O) groups is 18. The first-order chi connectivity index (χ1) is 61.2. The van der Waals surface area contributed by atoms with Crippen LogP contribution in [0.4, 0.5) is 0 Å². The Hall–Kier alpha value is -9.93. The van der Waals surface area contributed by atoms with Crippen molar-refractivity contribution in [1.29, 1.82) is 0 Å². The molecule has 4 unspecified atom stereocenters. The first-order valence-corrected chi connectivity index (χ1v) is 39.4. The van der Waals surface area contributed by atoms with Gasteiger partial charge in [0.2, 0.25) is 70.9 Å². The molecule has 12 N–H and O–H groups in total. The number of amides is 18. The summed E-state index contributed by atoms with van der Waals surface area (Å²) < 4.78 is 19.9. The molecule has 12 rings (SSSR count). The normalized spacial score (nSPS) is 16.4. The number of benzene rings is 6. The zero-order valence-electron chi connectivity index (χ0n) is 76.6. The molecule has 46 heteroatoms. The van der Waals surface area contributed by atoms with Crippen molar-refractivity contribution in [3.05, 3.63) is 223 Å². The summed E-state index contributed by atoms with van der Waals surface area (Å²) in [5, 5.41) is 52.2. The predicted molar refractivity (Wildman–Crippen MR) is 471 cm³/mol. The molecule has 6 fully saturated rings. The fraction of sp³-hybridized carbons (Fsp3) is 0.386. The fourth-order valence-corrected chi connectivity index (χ4v) is 9.96. The van der Waals surface area contributed by atoms with Crippen molar-refractivity contribution in [2.75, 3.05) is 113 Å². The number of hydrogen-bond acceptors (Lipinski definition) is 28. The Morgan fingerprint density at radius 3 is 0.851 bits per heavy atom. The van der Waals surface area contributed by atoms with Crippen LogP contribution in [0.15, 0.2) is 121 Å². The van der Waals surface area contributed by atoms with Gasteiger partial charge in [-0.15, -0.1) is 179 Å². The van der Waals surface area contributed by atoms with Gasteiger partial charge in [-0.3, -0.25) is 89.4 Å². The van der Waals surface area contributed by atoms with Crippen LogP contribution in [0.25, 0.3) is 31.9 Å². The topological polar surface area (TPSA) is 573 Å². The average Bonchev–Trinajstić information content (AvgIpc) is 0.851. The predicted octanol–water partition coefficient (Wildman–Crippen LogP) is 3.87. The number of ether oxygens (including phenoxy) is 4. The van der Waals surface area contributed by atoms with Gasteiger partial charge in [-0.05, 0) is 195 Å². The Morgan fingerprint density at radius 2 is 0.575 bits per heavy atom. The third-order valence-electron chi connectivity index (χ3n) is 15.7. The van der Waals surface area contributed by atoms with Crippen LogP contribution in [-0.4, -0.2) is 256 Å². The van der Waals surface area contributed by atoms with E-state index in [9.17, 15) is 86.3 Å². The number of methoxy groups -OCH3 is 4. The largest absolute Gasteiger partial charge is 2.00 e. The quantitative estimate of drug-likeness (QED) is 0.0483. The van der Waals surface area contributed by atoms with E-state index < -0.39 is 107 Å². The summed E-state index contributed by atoms with van der Waals surface area (Å²) in [6, 6.07) is 43.9.